The minimum absolute atomic E-state index is 0.127. The third-order valence-electron chi connectivity index (χ3n) is 3.92. The van der Waals surface area contributed by atoms with Gasteiger partial charge in [-0.15, -0.1) is 0 Å². The van der Waals surface area contributed by atoms with Crippen molar-refractivity contribution in [3.8, 4) is 0 Å². The van der Waals surface area contributed by atoms with Crippen LogP contribution in [0.2, 0.25) is 0 Å². The molecule has 0 aromatic carbocycles. The molecule has 104 valence electrons. The van der Waals surface area contributed by atoms with Crippen LogP contribution in [0.1, 0.15) is 25.5 Å². The highest BCUT2D eigenvalue weighted by Gasteiger charge is 2.25. The van der Waals surface area contributed by atoms with Gasteiger partial charge >= 0.3 is 0 Å². The predicted octanol–water partition coefficient (Wildman–Crippen LogP) is 1.29. The van der Waals surface area contributed by atoms with Crippen LogP contribution in [-0.2, 0) is 22.6 Å². The van der Waals surface area contributed by atoms with E-state index in [-0.39, 0.29) is 5.91 Å². The number of hydrogen-bond acceptors (Lipinski definition) is 3. The van der Waals surface area contributed by atoms with Gasteiger partial charge in [-0.05, 0) is 24.8 Å². The number of carbonyl (C=O) groups excluding carboxylic acids is 1. The standard InChI is InChI=1S/C14H21N3O2/c1-11(18)16-6-13(10-19-9-12-2-3-12)7-17-14(8-16)4-5-15-17/h4-5,12-13H,2-3,6-10H2,1H3. The molecule has 1 amide bonds. The zero-order chi connectivity index (χ0) is 13.2. The lowest BCUT2D eigenvalue weighted by atomic mass is 10.1. The van der Waals surface area contributed by atoms with Crippen LogP contribution in [0.15, 0.2) is 12.3 Å². The maximum absolute atomic E-state index is 11.7. The number of rotatable bonds is 4. The Labute approximate surface area is 113 Å². The first kappa shape index (κ1) is 12.7. The van der Waals surface area contributed by atoms with E-state index < -0.39 is 0 Å². The number of fused-ring (bicyclic) bond motifs is 1. The molecule has 1 aromatic heterocycles. The fourth-order valence-corrected chi connectivity index (χ4v) is 2.56. The van der Waals surface area contributed by atoms with Crippen LogP contribution < -0.4 is 0 Å². The van der Waals surface area contributed by atoms with Crippen molar-refractivity contribution >= 4 is 5.91 Å². The SMILES string of the molecule is CC(=O)N1Cc2ccnn2CC(COCC2CC2)C1. The minimum atomic E-state index is 0.127. The molecule has 1 aliphatic carbocycles. The molecule has 5 heteroatoms. The van der Waals surface area contributed by atoms with E-state index in [0.29, 0.717) is 12.5 Å². The first-order chi connectivity index (χ1) is 9.22. The van der Waals surface area contributed by atoms with Gasteiger partial charge in [0.1, 0.15) is 0 Å². The molecule has 1 atom stereocenters. The van der Waals surface area contributed by atoms with Crippen LogP contribution in [0, 0.1) is 11.8 Å². The molecule has 0 saturated heterocycles. The van der Waals surface area contributed by atoms with Crippen LogP contribution in [0.4, 0.5) is 0 Å². The predicted molar refractivity (Wildman–Crippen MR) is 70.4 cm³/mol. The molecule has 19 heavy (non-hydrogen) atoms. The topological polar surface area (TPSA) is 47.4 Å². The highest BCUT2D eigenvalue weighted by molar-refractivity contribution is 5.73. The van der Waals surface area contributed by atoms with E-state index in [1.54, 1.807) is 13.1 Å². The Morgan fingerprint density at radius 3 is 2.89 bits per heavy atom. The maximum Gasteiger partial charge on any atom is 0.219 e. The van der Waals surface area contributed by atoms with E-state index in [9.17, 15) is 4.79 Å². The van der Waals surface area contributed by atoms with Crippen molar-refractivity contribution in [2.75, 3.05) is 19.8 Å². The van der Waals surface area contributed by atoms with Gasteiger partial charge in [-0.1, -0.05) is 0 Å². The summed E-state index contributed by atoms with van der Waals surface area (Å²) in [6.07, 6.45) is 4.43. The second-order valence-corrected chi connectivity index (χ2v) is 5.75. The van der Waals surface area contributed by atoms with Gasteiger partial charge in [0.15, 0.2) is 0 Å². The van der Waals surface area contributed by atoms with Crippen molar-refractivity contribution in [3.63, 3.8) is 0 Å². The Morgan fingerprint density at radius 2 is 2.16 bits per heavy atom. The molecule has 1 saturated carbocycles. The Balaban J connectivity index is 1.63. The smallest absolute Gasteiger partial charge is 0.219 e. The first-order valence-corrected chi connectivity index (χ1v) is 7.06. The van der Waals surface area contributed by atoms with E-state index in [0.717, 1.165) is 37.9 Å². The Morgan fingerprint density at radius 1 is 1.37 bits per heavy atom. The lowest BCUT2D eigenvalue weighted by Crippen LogP contribution is -2.33. The first-order valence-electron chi connectivity index (χ1n) is 7.06. The van der Waals surface area contributed by atoms with E-state index in [4.69, 9.17) is 4.74 Å². The van der Waals surface area contributed by atoms with Crippen LogP contribution >= 0.6 is 0 Å². The van der Waals surface area contributed by atoms with Crippen LogP contribution in [-0.4, -0.2) is 40.3 Å². The summed E-state index contributed by atoms with van der Waals surface area (Å²) in [5.74, 6) is 1.25. The molecule has 1 aliphatic heterocycles. The van der Waals surface area contributed by atoms with Crippen molar-refractivity contribution in [1.82, 2.24) is 14.7 Å². The number of ether oxygens (including phenoxy) is 1. The van der Waals surface area contributed by atoms with Gasteiger partial charge in [0.2, 0.25) is 5.91 Å². The summed E-state index contributed by atoms with van der Waals surface area (Å²) in [4.78, 5) is 13.6. The molecule has 1 fully saturated rings. The fourth-order valence-electron chi connectivity index (χ4n) is 2.56. The van der Waals surface area contributed by atoms with Crippen LogP contribution in [0.25, 0.3) is 0 Å². The minimum Gasteiger partial charge on any atom is -0.381 e. The van der Waals surface area contributed by atoms with E-state index in [2.05, 4.69) is 5.10 Å². The lowest BCUT2D eigenvalue weighted by molar-refractivity contribution is -0.130. The Kier molecular flexibility index (Phi) is 3.55. The van der Waals surface area contributed by atoms with E-state index in [1.807, 2.05) is 15.6 Å². The number of carbonyl (C=O) groups is 1. The molecule has 1 unspecified atom stereocenters. The molecule has 0 spiro atoms. The maximum atomic E-state index is 11.7. The molecule has 2 heterocycles. The van der Waals surface area contributed by atoms with Crippen LogP contribution in [0.3, 0.4) is 0 Å². The molecular weight excluding hydrogens is 242 g/mol. The molecular formula is C14H21N3O2. The van der Waals surface area contributed by atoms with Gasteiger partial charge in [0.05, 0.1) is 18.8 Å². The van der Waals surface area contributed by atoms with Crippen molar-refractivity contribution in [1.29, 1.82) is 0 Å². The van der Waals surface area contributed by atoms with Crippen molar-refractivity contribution in [2.24, 2.45) is 11.8 Å². The van der Waals surface area contributed by atoms with Gasteiger partial charge in [0.25, 0.3) is 0 Å². The lowest BCUT2D eigenvalue weighted by Gasteiger charge is -2.22. The summed E-state index contributed by atoms with van der Waals surface area (Å²) >= 11 is 0. The van der Waals surface area contributed by atoms with Gasteiger partial charge in [-0.3, -0.25) is 9.48 Å². The summed E-state index contributed by atoms with van der Waals surface area (Å²) in [5, 5.41) is 4.34. The van der Waals surface area contributed by atoms with Gasteiger partial charge in [-0.25, -0.2) is 0 Å². The molecule has 0 N–H and O–H groups in total. The highest BCUT2D eigenvalue weighted by atomic mass is 16.5. The summed E-state index contributed by atoms with van der Waals surface area (Å²) in [5.41, 5.74) is 1.11. The average molecular weight is 263 g/mol. The molecule has 0 radical (unpaired) electrons. The van der Waals surface area contributed by atoms with Gasteiger partial charge in [0, 0.05) is 38.7 Å². The second kappa shape index (κ2) is 5.33. The summed E-state index contributed by atoms with van der Waals surface area (Å²) in [7, 11) is 0. The normalized spacial score (nSPS) is 23.0. The average Bonchev–Trinajstić information content (AvgIpc) is 3.13. The Bertz CT molecular complexity index is 453. The third-order valence-corrected chi connectivity index (χ3v) is 3.92. The number of aromatic nitrogens is 2. The number of amides is 1. The monoisotopic (exact) mass is 263 g/mol. The Hall–Kier alpha value is -1.36. The van der Waals surface area contributed by atoms with Gasteiger partial charge < -0.3 is 9.64 Å². The number of nitrogens with zero attached hydrogens (tertiary/aromatic N) is 3. The number of hydrogen-bond donors (Lipinski definition) is 0. The van der Waals surface area contributed by atoms with Crippen molar-refractivity contribution < 1.29 is 9.53 Å². The van der Waals surface area contributed by atoms with Crippen LogP contribution in [0.5, 0.6) is 0 Å². The summed E-state index contributed by atoms with van der Waals surface area (Å²) in [6, 6.07) is 1.99. The van der Waals surface area contributed by atoms with Gasteiger partial charge in [-0.2, -0.15) is 5.10 Å². The second-order valence-electron chi connectivity index (χ2n) is 5.75. The third kappa shape index (κ3) is 3.15. The summed E-state index contributed by atoms with van der Waals surface area (Å²) in [6.45, 7) is 5.50. The van der Waals surface area contributed by atoms with Crippen molar-refractivity contribution in [2.45, 2.75) is 32.9 Å². The molecule has 2 aliphatic rings. The highest BCUT2D eigenvalue weighted by Crippen LogP contribution is 2.29. The zero-order valence-corrected chi connectivity index (χ0v) is 11.4. The molecule has 3 rings (SSSR count). The van der Waals surface area contributed by atoms with E-state index >= 15 is 0 Å². The quantitative estimate of drug-likeness (QED) is 0.822. The fraction of sp³-hybridized carbons (Fsp3) is 0.714. The molecule has 1 aromatic rings. The molecule has 5 nitrogen and oxygen atoms in total. The zero-order valence-electron chi connectivity index (χ0n) is 11.4. The molecule has 0 bridgehead atoms. The largest absolute Gasteiger partial charge is 0.381 e. The summed E-state index contributed by atoms with van der Waals surface area (Å²) < 4.78 is 7.80. The van der Waals surface area contributed by atoms with E-state index in [1.165, 1.54) is 12.8 Å². The van der Waals surface area contributed by atoms with Crippen molar-refractivity contribution in [3.05, 3.63) is 18.0 Å².